The first-order valence-corrected chi connectivity index (χ1v) is 7.52. The van der Waals surface area contributed by atoms with Gasteiger partial charge in [-0.05, 0) is 36.9 Å². The molecule has 1 aromatic rings. The maximum atomic E-state index is 11.9. The standard InChI is InChI=1S/C16H22N2O2/c19-16(10-13-5-3-9-20-13)18-11-15-14-6-2-1-4-12(14)7-8-17-15/h1-2,4,6,13,15,17H,3,5,7-11H2,(H,18,19)/t13-,15-/m1/s1. The molecular formula is C16H22N2O2. The van der Waals surface area contributed by atoms with Gasteiger partial charge in [0, 0.05) is 19.2 Å². The molecule has 20 heavy (non-hydrogen) atoms. The first kappa shape index (κ1) is 13.6. The minimum absolute atomic E-state index is 0.0988. The van der Waals surface area contributed by atoms with Gasteiger partial charge >= 0.3 is 0 Å². The average Bonchev–Trinajstić information content (AvgIpc) is 2.98. The van der Waals surface area contributed by atoms with Crippen molar-refractivity contribution < 1.29 is 9.53 Å². The van der Waals surface area contributed by atoms with Crippen LogP contribution in [0.15, 0.2) is 24.3 Å². The van der Waals surface area contributed by atoms with E-state index in [1.54, 1.807) is 0 Å². The number of hydrogen-bond acceptors (Lipinski definition) is 3. The molecule has 0 radical (unpaired) electrons. The van der Waals surface area contributed by atoms with Gasteiger partial charge in [0.25, 0.3) is 0 Å². The Bertz CT molecular complexity index is 469. The third kappa shape index (κ3) is 3.19. The molecule has 4 nitrogen and oxygen atoms in total. The lowest BCUT2D eigenvalue weighted by molar-refractivity contribution is -0.123. The Morgan fingerprint density at radius 2 is 2.30 bits per heavy atom. The Morgan fingerprint density at radius 1 is 1.40 bits per heavy atom. The van der Waals surface area contributed by atoms with Crippen LogP contribution >= 0.6 is 0 Å². The SMILES string of the molecule is O=C(C[C@H]1CCCO1)NC[C@H]1NCCc2ccccc21. The molecule has 2 atom stereocenters. The Labute approximate surface area is 119 Å². The first-order chi connectivity index (χ1) is 9.83. The van der Waals surface area contributed by atoms with E-state index < -0.39 is 0 Å². The van der Waals surface area contributed by atoms with Crippen molar-refractivity contribution >= 4 is 5.91 Å². The predicted octanol–water partition coefficient (Wildman–Crippen LogP) is 1.56. The minimum atomic E-state index is 0.0988. The lowest BCUT2D eigenvalue weighted by atomic mass is 9.94. The molecule has 2 N–H and O–H groups in total. The van der Waals surface area contributed by atoms with E-state index in [9.17, 15) is 4.79 Å². The number of benzene rings is 1. The third-order valence-corrected chi connectivity index (χ3v) is 4.16. The average molecular weight is 274 g/mol. The predicted molar refractivity (Wildman–Crippen MR) is 77.5 cm³/mol. The van der Waals surface area contributed by atoms with E-state index in [2.05, 4.69) is 34.9 Å². The molecule has 2 aliphatic heterocycles. The fourth-order valence-corrected chi connectivity index (χ4v) is 3.08. The fourth-order valence-electron chi connectivity index (χ4n) is 3.08. The highest BCUT2D eigenvalue weighted by molar-refractivity contribution is 5.76. The molecule has 1 saturated heterocycles. The van der Waals surface area contributed by atoms with Gasteiger partial charge in [-0.3, -0.25) is 4.79 Å². The van der Waals surface area contributed by atoms with Crippen molar-refractivity contribution in [2.24, 2.45) is 0 Å². The molecule has 0 spiro atoms. The van der Waals surface area contributed by atoms with Gasteiger partial charge in [-0.25, -0.2) is 0 Å². The zero-order valence-electron chi connectivity index (χ0n) is 11.7. The highest BCUT2D eigenvalue weighted by Gasteiger charge is 2.22. The second-order valence-electron chi connectivity index (χ2n) is 5.60. The van der Waals surface area contributed by atoms with Crippen LogP contribution in [-0.2, 0) is 16.0 Å². The second kappa shape index (κ2) is 6.37. The van der Waals surface area contributed by atoms with Crippen LogP contribution in [0.2, 0.25) is 0 Å². The number of fused-ring (bicyclic) bond motifs is 1. The molecule has 108 valence electrons. The second-order valence-corrected chi connectivity index (χ2v) is 5.60. The number of nitrogens with one attached hydrogen (secondary N) is 2. The highest BCUT2D eigenvalue weighted by atomic mass is 16.5. The van der Waals surface area contributed by atoms with Gasteiger partial charge in [-0.1, -0.05) is 24.3 Å². The van der Waals surface area contributed by atoms with Crippen LogP contribution < -0.4 is 10.6 Å². The quantitative estimate of drug-likeness (QED) is 0.876. The van der Waals surface area contributed by atoms with Crippen molar-refractivity contribution in [2.75, 3.05) is 19.7 Å². The van der Waals surface area contributed by atoms with Crippen molar-refractivity contribution in [1.29, 1.82) is 0 Å². The van der Waals surface area contributed by atoms with Crippen LogP contribution in [0.3, 0.4) is 0 Å². The Kier molecular flexibility index (Phi) is 4.33. The smallest absolute Gasteiger partial charge is 0.222 e. The molecule has 0 bridgehead atoms. The monoisotopic (exact) mass is 274 g/mol. The van der Waals surface area contributed by atoms with Gasteiger partial charge in [0.2, 0.25) is 5.91 Å². The summed E-state index contributed by atoms with van der Waals surface area (Å²) in [4.78, 5) is 11.9. The molecular weight excluding hydrogens is 252 g/mol. The summed E-state index contributed by atoms with van der Waals surface area (Å²) in [6, 6.07) is 8.70. The van der Waals surface area contributed by atoms with Crippen molar-refractivity contribution in [1.82, 2.24) is 10.6 Å². The Hall–Kier alpha value is -1.39. The fraction of sp³-hybridized carbons (Fsp3) is 0.562. The molecule has 3 rings (SSSR count). The zero-order chi connectivity index (χ0) is 13.8. The summed E-state index contributed by atoms with van der Waals surface area (Å²) in [7, 11) is 0. The van der Waals surface area contributed by atoms with Crippen molar-refractivity contribution in [2.45, 2.75) is 37.8 Å². The van der Waals surface area contributed by atoms with Gasteiger partial charge in [0.15, 0.2) is 0 Å². The maximum Gasteiger partial charge on any atom is 0.222 e. The van der Waals surface area contributed by atoms with E-state index in [1.807, 2.05) is 0 Å². The summed E-state index contributed by atoms with van der Waals surface area (Å²) in [6.07, 6.45) is 3.78. The Balaban J connectivity index is 1.52. The minimum Gasteiger partial charge on any atom is -0.378 e. The number of ether oxygens (including phenoxy) is 1. The van der Waals surface area contributed by atoms with Gasteiger partial charge in [-0.2, -0.15) is 0 Å². The Morgan fingerprint density at radius 3 is 3.15 bits per heavy atom. The number of amides is 1. The highest BCUT2D eigenvalue weighted by Crippen LogP contribution is 2.22. The largest absolute Gasteiger partial charge is 0.378 e. The number of rotatable bonds is 4. The molecule has 1 fully saturated rings. The van der Waals surface area contributed by atoms with Gasteiger partial charge < -0.3 is 15.4 Å². The normalized spacial score (nSPS) is 25.2. The van der Waals surface area contributed by atoms with E-state index in [0.717, 1.165) is 32.4 Å². The molecule has 0 aliphatic carbocycles. The molecule has 0 aromatic heterocycles. The molecule has 0 saturated carbocycles. The van der Waals surface area contributed by atoms with E-state index in [1.165, 1.54) is 11.1 Å². The van der Waals surface area contributed by atoms with Crippen LogP contribution in [-0.4, -0.2) is 31.7 Å². The number of hydrogen-bond donors (Lipinski definition) is 2. The molecule has 2 heterocycles. The van der Waals surface area contributed by atoms with E-state index in [4.69, 9.17) is 4.74 Å². The van der Waals surface area contributed by atoms with Gasteiger partial charge in [-0.15, -0.1) is 0 Å². The number of carbonyl (C=O) groups excluding carboxylic acids is 1. The zero-order valence-corrected chi connectivity index (χ0v) is 11.7. The molecule has 2 aliphatic rings. The molecule has 4 heteroatoms. The van der Waals surface area contributed by atoms with Crippen LogP contribution in [0.1, 0.15) is 36.4 Å². The summed E-state index contributed by atoms with van der Waals surface area (Å²) in [5.41, 5.74) is 2.71. The van der Waals surface area contributed by atoms with Crippen molar-refractivity contribution in [3.8, 4) is 0 Å². The van der Waals surface area contributed by atoms with Gasteiger partial charge in [0.1, 0.15) is 0 Å². The topological polar surface area (TPSA) is 50.4 Å². The van der Waals surface area contributed by atoms with Crippen molar-refractivity contribution in [3.63, 3.8) is 0 Å². The van der Waals surface area contributed by atoms with Gasteiger partial charge in [0.05, 0.1) is 12.5 Å². The lowest BCUT2D eigenvalue weighted by Gasteiger charge is -2.27. The van der Waals surface area contributed by atoms with Crippen LogP contribution in [0.25, 0.3) is 0 Å². The lowest BCUT2D eigenvalue weighted by Crippen LogP contribution is -2.39. The summed E-state index contributed by atoms with van der Waals surface area (Å²) >= 11 is 0. The molecule has 1 amide bonds. The van der Waals surface area contributed by atoms with E-state index in [-0.39, 0.29) is 18.1 Å². The maximum absolute atomic E-state index is 11.9. The first-order valence-electron chi connectivity index (χ1n) is 7.52. The third-order valence-electron chi connectivity index (χ3n) is 4.16. The number of carbonyl (C=O) groups is 1. The van der Waals surface area contributed by atoms with E-state index >= 15 is 0 Å². The summed E-state index contributed by atoms with van der Waals surface area (Å²) in [6.45, 7) is 2.43. The summed E-state index contributed by atoms with van der Waals surface area (Å²) < 4.78 is 5.50. The van der Waals surface area contributed by atoms with Crippen LogP contribution in [0.5, 0.6) is 0 Å². The molecule has 1 aromatic carbocycles. The van der Waals surface area contributed by atoms with E-state index in [0.29, 0.717) is 13.0 Å². The summed E-state index contributed by atoms with van der Waals surface area (Å²) in [5.74, 6) is 0.0988. The van der Waals surface area contributed by atoms with Crippen LogP contribution in [0.4, 0.5) is 0 Å². The molecule has 0 unspecified atom stereocenters. The van der Waals surface area contributed by atoms with Crippen LogP contribution in [0, 0.1) is 0 Å². The van der Waals surface area contributed by atoms with Crippen molar-refractivity contribution in [3.05, 3.63) is 35.4 Å². The summed E-state index contributed by atoms with van der Waals surface area (Å²) in [5, 5.41) is 6.52.